The number of nitrogens with zero attached hydrogens (tertiary/aromatic N) is 1. The highest BCUT2D eigenvalue weighted by Gasteiger charge is 2.35. The molecule has 0 spiro atoms. The SMILES string of the molecule is CCC(C(=O)NCc1ccc2c(c1)OCO2)N1C(=O)COc2ccc(C(C)(C)C)cc21. The van der Waals surface area contributed by atoms with Crippen molar-refractivity contribution in [3.63, 3.8) is 0 Å². The molecule has 2 aromatic carbocycles. The second-order valence-corrected chi connectivity index (χ2v) is 8.81. The monoisotopic (exact) mass is 424 g/mol. The largest absolute Gasteiger partial charge is 0.482 e. The summed E-state index contributed by atoms with van der Waals surface area (Å²) in [5, 5.41) is 2.96. The number of nitrogens with one attached hydrogen (secondary N) is 1. The summed E-state index contributed by atoms with van der Waals surface area (Å²) in [6.45, 7) is 8.70. The number of hydrogen-bond acceptors (Lipinski definition) is 5. The molecule has 2 amide bonds. The number of amides is 2. The Hall–Kier alpha value is -3.22. The molecule has 164 valence electrons. The summed E-state index contributed by atoms with van der Waals surface area (Å²) in [6, 6.07) is 10.8. The third-order valence-electron chi connectivity index (χ3n) is 5.61. The van der Waals surface area contributed by atoms with E-state index in [0.717, 1.165) is 11.1 Å². The van der Waals surface area contributed by atoms with Gasteiger partial charge in [-0.25, -0.2) is 0 Å². The molecule has 0 aromatic heterocycles. The van der Waals surface area contributed by atoms with Crippen molar-refractivity contribution in [1.29, 1.82) is 0 Å². The van der Waals surface area contributed by atoms with E-state index >= 15 is 0 Å². The first kappa shape index (κ1) is 21.0. The van der Waals surface area contributed by atoms with Crippen LogP contribution in [0.1, 0.15) is 45.2 Å². The molecule has 0 fully saturated rings. The first-order chi connectivity index (χ1) is 14.8. The molecule has 0 saturated carbocycles. The fraction of sp³-hybridized carbons (Fsp3) is 0.417. The van der Waals surface area contributed by atoms with Crippen molar-refractivity contribution in [2.45, 2.75) is 52.1 Å². The summed E-state index contributed by atoms with van der Waals surface area (Å²) in [6.07, 6.45) is 0.484. The zero-order valence-electron chi connectivity index (χ0n) is 18.4. The van der Waals surface area contributed by atoms with Crippen LogP contribution in [0, 0.1) is 0 Å². The smallest absolute Gasteiger partial charge is 0.265 e. The average molecular weight is 424 g/mol. The molecule has 2 aliphatic rings. The van der Waals surface area contributed by atoms with Crippen LogP contribution in [-0.4, -0.2) is 31.3 Å². The molecule has 0 radical (unpaired) electrons. The number of anilines is 1. The van der Waals surface area contributed by atoms with Crippen molar-refractivity contribution < 1.29 is 23.8 Å². The molecule has 1 N–H and O–H groups in total. The molecule has 1 unspecified atom stereocenters. The highest BCUT2D eigenvalue weighted by atomic mass is 16.7. The third kappa shape index (κ3) is 4.17. The second-order valence-electron chi connectivity index (χ2n) is 8.81. The van der Waals surface area contributed by atoms with Crippen molar-refractivity contribution in [3.8, 4) is 17.2 Å². The highest BCUT2D eigenvalue weighted by molar-refractivity contribution is 6.04. The Morgan fingerprint density at radius 3 is 2.55 bits per heavy atom. The van der Waals surface area contributed by atoms with Gasteiger partial charge in [-0.3, -0.25) is 14.5 Å². The van der Waals surface area contributed by atoms with Crippen molar-refractivity contribution in [2.24, 2.45) is 0 Å². The Morgan fingerprint density at radius 1 is 1.06 bits per heavy atom. The summed E-state index contributed by atoms with van der Waals surface area (Å²) < 4.78 is 16.4. The van der Waals surface area contributed by atoms with Gasteiger partial charge in [-0.05, 0) is 47.2 Å². The van der Waals surface area contributed by atoms with E-state index < -0.39 is 6.04 Å². The molecule has 0 aliphatic carbocycles. The predicted molar refractivity (Wildman–Crippen MR) is 117 cm³/mol. The Kier molecular flexibility index (Phi) is 5.52. The zero-order chi connectivity index (χ0) is 22.2. The lowest BCUT2D eigenvalue weighted by Crippen LogP contribution is -2.52. The quantitative estimate of drug-likeness (QED) is 0.795. The molecule has 1 atom stereocenters. The van der Waals surface area contributed by atoms with Gasteiger partial charge in [0.05, 0.1) is 5.69 Å². The van der Waals surface area contributed by atoms with E-state index in [-0.39, 0.29) is 30.6 Å². The van der Waals surface area contributed by atoms with E-state index in [4.69, 9.17) is 14.2 Å². The van der Waals surface area contributed by atoms with E-state index in [1.807, 2.05) is 43.3 Å². The summed E-state index contributed by atoms with van der Waals surface area (Å²) in [5.74, 6) is 1.57. The highest BCUT2D eigenvalue weighted by Crippen LogP contribution is 2.38. The number of ether oxygens (including phenoxy) is 3. The Labute approximate surface area is 182 Å². The van der Waals surface area contributed by atoms with Crippen LogP contribution in [0.3, 0.4) is 0 Å². The Morgan fingerprint density at radius 2 is 1.81 bits per heavy atom. The normalized spacial score (nSPS) is 15.9. The van der Waals surface area contributed by atoms with Crippen LogP contribution in [0.15, 0.2) is 36.4 Å². The van der Waals surface area contributed by atoms with Gasteiger partial charge in [-0.2, -0.15) is 0 Å². The molecule has 2 aliphatic heterocycles. The number of carbonyl (C=O) groups is 2. The lowest BCUT2D eigenvalue weighted by atomic mass is 9.86. The minimum Gasteiger partial charge on any atom is -0.482 e. The molecule has 7 nitrogen and oxygen atoms in total. The van der Waals surface area contributed by atoms with Crippen molar-refractivity contribution in [3.05, 3.63) is 47.5 Å². The van der Waals surface area contributed by atoms with Gasteiger partial charge in [0.2, 0.25) is 12.7 Å². The van der Waals surface area contributed by atoms with Gasteiger partial charge in [0.15, 0.2) is 18.1 Å². The lowest BCUT2D eigenvalue weighted by Gasteiger charge is -2.35. The van der Waals surface area contributed by atoms with E-state index in [1.54, 1.807) is 4.90 Å². The second kappa shape index (κ2) is 8.13. The zero-order valence-corrected chi connectivity index (χ0v) is 18.4. The molecule has 0 saturated heterocycles. The fourth-order valence-corrected chi connectivity index (χ4v) is 3.82. The molecular formula is C24H28N2O5. The standard InChI is InChI=1S/C24H28N2O5/c1-5-17(23(28)25-12-15-6-8-20-21(10-15)31-14-30-20)26-18-11-16(24(2,3)4)7-9-19(18)29-13-22(26)27/h6-11,17H,5,12-14H2,1-4H3,(H,25,28). The number of carbonyl (C=O) groups excluding carboxylic acids is 2. The summed E-state index contributed by atoms with van der Waals surface area (Å²) in [4.78, 5) is 27.5. The van der Waals surface area contributed by atoms with E-state index in [9.17, 15) is 9.59 Å². The van der Waals surface area contributed by atoms with Crippen LogP contribution in [0.5, 0.6) is 17.2 Å². The van der Waals surface area contributed by atoms with Gasteiger partial charge in [0, 0.05) is 6.54 Å². The summed E-state index contributed by atoms with van der Waals surface area (Å²) in [7, 11) is 0. The number of rotatable bonds is 5. The fourth-order valence-electron chi connectivity index (χ4n) is 3.82. The van der Waals surface area contributed by atoms with Crippen LogP contribution < -0.4 is 24.4 Å². The topological polar surface area (TPSA) is 77.1 Å². The molecule has 0 bridgehead atoms. The van der Waals surface area contributed by atoms with Gasteiger partial charge >= 0.3 is 0 Å². The van der Waals surface area contributed by atoms with Crippen LogP contribution in [0.25, 0.3) is 0 Å². The number of fused-ring (bicyclic) bond motifs is 2. The molecule has 31 heavy (non-hydrogen) atoms. The minimum absolute atomic E-state index is 0.0756. The third-order valence-corrected chi connectivity index (χ3v) is 5.61. The maximum atomic E-state index is 13.1. The van der Waals surface area contributed by atoms with Gasteiger partial charge in [-0.1, -0.05) is 39.8 Å². The van der Waals surface area contributed by atoms with Crippen LogP contribution in [0.4, 0.5) is 5.69 Å². The van der Waals surface area contributed by atoms with Crippen LogP contribution in [0.2, 0.25) is 0 Å². The van der Waals surface area contributed by atoms with Gasteiger partial charge in [0.1, 0.15) is 11.8 Å². The molecule has 7 heteroatoms. The van der Waals surface area contributed by atoms with Crippen LogP contribution in [-0.2, 0) is 21.5 Å². The maximum Gasteiger partial charge on any atom is 0.265 e. The Balaban J connectivity index is 1.55. The minimum atomic E-state index is -0.626. The van der Waals surface area contributed by atoms with Gasteiger partial charge < -0.3 is 19.5 Å². The Bertz CT molecular complexity index is 1010. The predicted octanol–water partition coefficient (Wildman–Crippen LogP) is 3.53. The average Bonchev–Trinajstić information content (AvgIpc) is 3.21. The first-order valence-corrected chi connectivity index (χ1v) is 10.5. The van der Waals surface area contributed by atoms with Gasteiger partial charge in [0.25, 0.3) is 5.91 Å². The summed E-state index contributed by atoms with van der Waals surface area (Å²) >= 11 is 0. The first-order valence-electron chi connectivity index (χ1n) is 10.5. The van der Waals surface area contributed by atoms with Crippen molar-refractivity contribution >= 4 is 17.5 Å². The molecule has 2 aromatic rings. The van der Waals surface area contributed by atoms with Crippen molar-refractivity contribution in [2.75, 3.05) is 18.3 Å². The molecule has 2 heterocycles. The van der Waals surface area contributed by atoms with Crippen LogP contribution >= 0.6 is 0 Å². The van der Waals surface area contributed by atoms with E-state index in [2.05, 4.69) is 26.1 Å². The van der Waals surface area contributed by atoms with Gasteiger partial charge in [-0.15, -0.1) is 0 Å². The maximum absolute atomic E-state index is 13.1. The number of hydrogen-bond donors (Lipinski definition) is 1. The lowest BCUT2D eigenvalue weighted by molar-refractivity contribution is -0.128. The van der Waals surface area contributed by atoms with E-state index in [1.165, 1.54) is 0 Å². The van der Waals surface area contributed by atoms with E-state index in [0.29, 0.717) is 35.9 Å². The molecular weight excluding hydrogens is 396 g/mol. The molecule has 4 rings (SSSR count). The summed E-state index contributed by atoms with van der Waals surface area (Å²) in [5.41, 5.74) is 2.53. The number of benzene rings is 2. The van der Waals surface area contributed by atoms with Crippen molar-refractivity contribution in [1.82, 2.24) is 5.32 Å².